The van der Waals surface area contributed by atoms with Crippen LogP contribution in [-0.4, -0.2) is 45.0 Å². The van der Waals surface area contributed by atoms with E-state index in [0.29, 0.717) is 21.8 Å². The number of aryl methyl sites for hydroxylation is 1. The lowest BCUT2D eigenvalue weighted by atomic mass is 10.2. The highest BCUT2D eigenvalue weighted by Gasteiger charge is 2.20. The van der Waals surface area contributed by atoms with Gasteiger partial charge in [0.15, 0.2) is 0 Å². The largest absolute Gasteiger partial charge is 0.456 e. The fourth-order valence-electron chi connectivity index (χ4n) is 3.61. The molecular formula is C23H23N3O4S. The van der Waals surface area contributed by atoms with Gasteiger partial charge in [0.2, 0.25) is 5.91 Å². The van der Waals surface area contributed by atoms with E-state index in [1.807, 2.05) is 36.1 Å². The predicted octanol–water partition coefficient (Wildman–Crippen LogP) is 3.07. The predicted molar refractivity (Wildman–Crippen MR) is 118 cm³/mol. The Kier molecular flexibility index (Phi) is 6.36. The van der Waals surface area contributed by atoms with Gasteiger partial charge in [-0.15, -0.1) is 11.8 Å². The van der Waals surface area contributed by atoms with Gasteiger partial charge in [0.25, 0.3) is 5.56 Å². The zero-order chi connectivity index (χ0) is 21.8. The normalized spacial score (nSPS) is 13.5. The van der Waals surface area contributed by atoms with Gasteiger partial charge in [-0.3, -0.25) is 14.0 Å². The number of ether oxygens (including phenoxy) is 1. The lowest BCUT2D eigenvalue weighted by Crippen LogP contribution is -2.29. The van der Waals surface area contributed by atoms with Crippen LogP contribution in [0.2, 0.25) is 0 Å². The van der Waals surface area contributed by atoms with E-state index in [1.54, 1.807) is 18.2 Å². The molecule has 1 aliphatic rings. The molecule has 0 aliphatic carbocycles. The number of pyridine rings is 1. The SMILES string of the molecule is Cc1cccc2nc(COC(=O)c3ccccc3SCC(=O)N3CCCC3)cc(=O)n12. The second-order valence-corrected chi connectivity index (χ2v) is 8.41. The second-order valence-electron chi connectivity index (χ2n) is 7.40. The fraction of sp³-hybridized carbons (Fsp3) is 0.304. The fourth-order valence-corrected chi connectivity index (χ4v) is 4.56. The molecule has 1 fully saturated rings. The van der Waals surface area contributed by atoms with Gasteiger partial charge in [0, 0.05) is 29.7 Å². The number of hydrogen-bond donors (Lipinski definition) is 0. The maximum Gasteiger partial charge on any atom is 0.339 e. The van der Waals surface area contributed by atoms with E-state index in [0.717, 1.165) is 31.6 Å². The monoisotopic (exact) mass is 437 g/mol. The lowest BCUT2D eigenvalue weighted by Gasteiger charge is -2.15. The molecule has 0 radical (unpaired) electrons. The van der Waals surface area contributed by atoms with Crippen molar-refractivity contribution in [3.05, 3.63) is 75.8 Å². The summed E-state index contributed by atoms with van der Waals surface area (Å²) in [5, 5.41) is 0. The van der Waals surface area contributed by atoms with Crippen molar-refractivity contribution in [1.82, 2.24) is 14.3 Å². The van der Waals surface area contributed by atoms with Crippen molar-refractivity contribution < 1.29 is 14.3 Å². The Bertz CT molecular complexity index is 1180. The Labute approximate surface area is 184 Å². The molecule has 3 aromatic rings. The summed E-state index contributed by atoms with van der Waals surface area (Å²) in [6, 6.07) is 13.8. The molecule has 160 valence electrons. The first-order valence-electron chi connectivity index (χ1n) is 10.2. The Balaban J connectivity index is 1.44. The highest BCUT2D eigenvalue weighted by Crippen LogP contribution is 2.24. The van der Waals surface area contributed by atoms with E-state index in [2.05, 4.69) is 4.98 Å². The molecule has 4 rings (SSSR count). The number of esters is 1. The van der Waals surface area contributed by atoms with Crippen LogP contribution >= 0.6 is 11.8 Å². The smallest absolute Gasteiger partial charge is 0.339 e. The summed E-state index contributed by atoms with van der Waals surface area (Å²) in [7, 11) is 0. The topological polar surface area (TPSA) is 81.0 Å². The molecule has 0 unspecified atom stereocenters. The van der Waals surface area contributed by atoms with E-state index in [4.69, 9.17) is 4.74 Å². The first-order valence-corrected chi connectivity index (χ1v) is 11.2. The lowest BCUT2D eigenvalue weighted by molar-refractivity contribution is -0.127. The number of fused-ring (bicyclic) bond motifs is 1. The van der Waals surface area contributed by atoms with Gasteiger partial charge in [-0.25, -0.2) is 9.78 Å². The average Bonchev–Trinajstić information content (AvgIpc) is 3.31. The highest BCUT2D eigenvalue weighted by molar-refractivity contribution is 8.00. The van der Waals surface area contributed by atoms with Crippen LogP contribution in [0.4, 0.5) is 0 Å². The van der Waals surface area contributed by atoms with E-state index in [-0.39, 0.29) is 23.8 Å². The number of amides is 1. The molecule has 0 N–H and O–H groups in total. The molecule has 1 amide bonds. The number of carbonyl (C=O) groups is 2. The first-order chi connectivity index (χ1) is 15.0. The molecule has 0 saturated carbocycles. The van der Waals surface area contributed by atoms with Gasteiger partial charge in [0.1, 0.15) is 12.3 Å². The molecule has 8 heteroatoms. The van der Waals surface area contributed by atoms with E-state index >= 15 is 0 Å². The zero-order valence-electron chi connectivity index (χ0n) is 17.2. The van der Waals surface area contributed by atoms with Crippen molar-refractivity contribution in [3.63, 3.8) is 0 Å². The van der Waals surface area contributed by atoms with Gasteiger partial charge < -0.3 is 9.64 Å². The van der Waals surface area contributed by atoms with Gasteiger partial charge in [0.05, 0.1) is 17.0 Å². The molecule has 1 aromatic carbocycles. The summed E-state index contributed by atoms with van der Waals surface area (Å²) in [4.78, 5) is 44.4. The third-order valence-electron chi connectivity index (χ3n) is 5.20. The summed E-state index contributed by atoms with van der Waals surface area (Å²) in [6.45, 7) is 3.34. The quantitative estimate of drug-likeness (QED) is 0.436. The van der Waals surface area contributed by atoms with Crippen LogP contribution in [-0.2, 0) is 16.1 Å². The molecule has 2 aromatic heterocycles. The van der Waals surface area contributed by atoms with Crippen LogP contribution < -0.4 is 5.56 Å². The standard InChI is InChI=1S/C23H23N3O4S/c1-16-7-6-10-20-24-17(13-21(27)26(16)20)14-30-23(29)18-8-2-3-9-19(18)31-15-22(28)25-11-4-5-12-25/h2-3,6-10,13H,4-5,11-12,14-15H2,1H3. The maximum atomic E-state index is 12.7. The number of carbonyl (C=O) groups excluding carboxylic acids is 2. The Hall–Kier alpha value is -3.13. The maximum absolute atomic E-state index is 12.7. The Morgan fingerprint density at radius 2 is 1.87 bits per heavy atom. The van der Waals surface area contributed by atoms with E-state index in [9.17, 15) is 14.4 Å². The van der Waals surface area contributed by atoms with Crippen molar-refractivity contribution in [2.24, 2.45) is 0 Å². The van der Waals surface area contributed by atoms with E-state index < -0.39 is 5.97 Å². The van der Waals surface area contributed by atoms with Gasteiger partial charge in [-0.2, -0.15) is 0 Å². The summed E-state index contributed by atoms with van der Waals surface area (Å²) in [5.41, 5.74) is 1.86. The number of nitrogens with zero attached hydrogens (tertiary/aromatic N) is 3. The van der Waals surface area contributed by atoms with Crippen LogP contribution in [0.1, 0.15) is 34.6 Å². The number of hydrogen-bond acceptors (Lipinski definition) is 6. The third-order valence-corrected chi connectivity index (χ3v) is 6.26. The average molecular weight is 438 g/mol. The van der Waals surface area contributed by atoms with Crippen LogP contribution in [0, 0.1) is 6.92 Å². The van der Waals surface area contributed by atoms with Crippen molar-refractivity contribution in [1.29, 1.82) is 0 Å². The molecule has 31 heavy (non-hydrogen) atoms. The number of likely N-dealkylation sites (tertiary alicyclic amines) is 1. The molecule has 1 aliphatic heterocycles. The minimum atomic E-state index is -0.511. The Morgan fingerprint density at radius 3 is 2.68 bits per heavy atom. The zero-order valence-corrected chi connectivity index (χ0v) is 18.1. The van der Waals surface area contributed by atoms with Crippen LogP contribution in [0.3, 0.4) is 0 Å². The molecular weight excluding hydrogens is 414 g/mol. The molecule has 3 heterocycles. The van der Waals surface area contributed by atoms with Crippen molar-refractivity contribution in [2.45, 2.75) is 31.3 Å². The molecule has 7 nitrogen and oxygen atoms in total. The summed E-state index contributed by atoms with van der Waals surface area (Å²) >= 11 is 1.34. The number of aromatic nitrogens is 2. The number of benzene rings is 1. The van der Waals surface area contributed by atoms with Crippen LogP contribution in [0.15, 0.2) is 58.2 Å². The second kappa shape index (κ2) is 9.34. The van der Waals surface area contributed by atoms with E-state index in [1.165, 1.54) is 22.2 Å². The summed E-state index contributed by atoms with van der Waals surface area (Å²) in [6.07, 6.45) is 2.09. The van der Waals surface area contributed by atoms with Gasteiger partial charge in [-0.05, 0) is 44.0 Å². The van der Waals surface area contributed by atoms with Crippen LogP contribution in [0.25, 0.3) is 5.65 Å². The highest BCUT2D eigenvalue weighted by atomic mass is 32.2. The number of rotatable bonds is 6. The molecule has 0 spiro atoms. The third kappa shape index (κ3) is 4.80. The van der Waals surface area contributed by atoms with Crippen molar-refractivity contribution >= 4 is 29.3 Å². The van der Waals surface area contributed by atoms with Gasteiger partial charge >= 0.3 is 5.97 Å². The van der Waals surface area contributed by atoms with Gasteiger partial charge in [-0.1, -0.05) is 18.2 Å². The number of thioether (sulfide) groups is 1. The summed E-state index contributed by atoms with van der Waals surface area (Å²) < 4.78 is 6.95. The first kappa shape index (κ1) is 21.1. The minimum Gasteiger partial charge on any atom is -0.456 e. The molecule has 1 saturated heterocycles. The molecule has 0 atom stereocenters. The van der Waals surface area contributed by atoms with Crippen LogP contribution in [0.5, 0.6) is 0 Å². The molecule has 0 bridgehead atoms. The van der Waals surface area contributed by atoms with Crippen molar-refractivity contribution in [3.8, 4) is 0 Å². The minimum absolute atomic E-state index is 0.0850. The summed E-state index contributed by atoms with van der Waals surface area (Å²) in [5.74, 6) is -0.142. The Morgan fingerprint density at radius 1 is 1.10 bits per heavy atom. The van der Waals surface area contributed by atoms with Crippen molar-refractivity contribution in [2.75, 3.05) is 18.8 Å².